The molecule has 31 heavy (non-hydrogen) atoms. The maximum absolute atomic E-state index is 13.6. The van der Waals surface area contributed by atoms with E-state index in [1.165, 1.54) is 11.3 Å². The highest BCUT2D eigenvalue weighted by Crippen LogP contribution is 2.43. The second-order valence-corrected chi connectivity index (χ2v) is 8.64. The minimum absolute atomic E-state index is 0.0907. The number of hydrogen-bond acceptors (Lipinski definition) is 5. The Hall–Kier alpha value is -3.77. The zero-order chi connectivity index (χ0) is 21.1. The largest absolute Gasteiger partial charge is 0.450 e. The summed E-state index contributed by atoms with van der Waals surface area (Å²) in [6.45, 7) is 2.02. The molecular formula is C25H16N2O3S. The topological polar surface area (TPSA) is 63.4 Å². The Morgan fingerprint density at radius 1 is 0.968 bits per heavy atom. The number of aryl methyl sites for hydroxylation is 1. The second-order valence-electron chi connectivity index (χ2n) is 7.63. The Labute approximate surface area is 181 Å². The molecule has 6 heteroatoms. The highest BCUT2D eigenvalue weighted by atomic mass is 32.1. The maximum atomic E-state index is 13.6. The maximum Gasteiger partial charge on any atom is 0.297 e. The van der Waals surface area contributed by atoms with Gasteiger partial charge in [-0.1, -0.05) is 59.9 Å². The summed E-state index contributed by atoms with van der Waals surface area (Å²) >= 11 is 1.44. The molecule has 0 saturated heterocycles. The van der Waals surface area contributed by atoms with Crippen molar-refractivity contribution in [2.75, 3.05) is 4.90 Å². The van der Waals surface area contributed by atoms with Gasteiger partial charge in [0.15, 0.2) is 10.6 Å². The molecule has 150 valence electrons. The van der Waals surface area contributed by atoms with E-state index in [9.17, 15) is 9.59 Å². The van der Waals surface area contributed by atoms with Crippen molar-refractivity contribution in [1.29, 1.82) is 0 Å². The molecule has 0 saturated carbocycles. The number of carbonyl (C=O) groups excluding carboxylic acids is 1. The van der Waals surface area contributed by atoms with E-state index in [0.717, 1.165) is 21.3 Å². The van der Waals surface area contributed by atoms with E-state index >= 15 is 0 Å². The molecule has 3 heterocycles. The van der Waals surface area contributed by atoms with Gasteiger partial charge in [-0.3, -0.25) is 14.5 Å². The van der Waals surface area contributed by atoms with E-state index in [-0.39, 0.29) is 17.1 Å². The number of anilines is 1. The zero-order valence-electron chi connectivity index (χ0n) is 16.5. The first-order valence-corrected chi connectivity index (χ1v) is 10.7. The summed E-state index contributed by atoms with van der Waals surface area (Å²) in [7, 11) is 0. The lowest BCUT2D eigenvalue weighted by molar-refractivity contribution is 0.0971. The lowest BCUT2D eigenvalue weighted by Gasteiger charge is -2.22. The first-order chi connectivity index (χ1) is 15.1. The van der Waals surface area contributed by atoms with Gasteiger partial charge >= 0.3 is 0 Å². The number of hydrogen-bond donors (Lipinski definition) is 0. The second kappa shape index (κ2) is 6.62. The van der Waals surface area contributed by atoms with Gasteiger partial charge in [0.05, 0.1) is 27.2 Å². The first-order valence-electron chi connectivity index (χ1n) is 9.93. The molecule has 0 radical (unpaired) electrons. The Kier molecular flexibility index (Phi) is 3.85. The van der Waals surface area contributed by atoms with E-state index in [1.807, 2.05) is 49.4 Å². The Bertz CT molecular complexity index is 1550. The lowest BCUT2D eigenvalue weighted by Crippen LogP contribution is -2.29. The third kappa shape index (κ3) is 2.65. The Morgan fingerprint density at radius 2 is 1.74 bits per heavy atom. The quantitative estimate of drug-likeness (QED) is 0.377. The van der Waals surface area contributed by atoms with Crippen LogP contribution >= 0.6 is 11.3 Å². The molecule has 3 aromatic carbocycles. The van der Waals surface area contributed by atoms with Crippen LogP contribution in [0.4, 0.5) is 5.13 Å². The summed E-state index contributed by atoms with van der Waals surface area (Å²) in [6, 6.07) is 22.0. The van der Waals surface area contributed by atoms with Gasteiger partial charge in [0.2, 0.25) is 5.76 Å². The molecular weight excluding hydrogens is 408 g/mol. The van der Waals surface area contributed by atoms with Crippen molar-refractivity contribution < 1.29 is 9.21 Å². The van der Waals surface area contributed by atoms with Crippen LogP contribution in [-0.2, 0) is 0 Å². The monoisotopic (exact) mass is 424 g/mol. The summed E-state index contributed by atoms with van der Waals surface area (Å²) < 4.78 is 6.98. The molecule has 0 N–H and O–H groups in total. The van der Waals surface area contributed by atoms with E-state index in [0.29, 0.717) is 21.7 Å². The predicted octanol–water partition coefficient (Wildman–Crippen LogP) is 5.46. The van der Waals surface area contributed by atoms with Gasteiger partial charge in [0, 0.05) is 0 Å². The third-order valence-electron chi connectivity index (χ3n) is 5.63. The van der Waals surface area contributed by atoms with Crippen LogP contribution < -0.4 is 10.3 Å². The molecule has 5 aromatic rings. The molecule has 0 aliphatic carbocycles. The molecule has 6 rings (SSSR count). The number of aromatic nitrogens is 1. The van der Waals surface area contributed by atoms with Gasteiger partial charge in [-0.05, 0) is 42.3 Å². The number of benzene rings is 3. The van der Waals surface area contributed by atoms with Gasteiger partial charge in [0.25, 0.3) is 5.91 Å². The van der Waals surface area contributed by atoms with Crippen LogP contribution in [0.3, 0.4) is 0 Å². The minimum Gasteiger partial charge on any atom is -0.450 e. The van der Waals surface area contributed by atoms with Crippen LogP contribution in [0.15, 0.2) is 82.0 Å². The molecule has 0 fully saturated rings. The van der Waals surface area contributed by atoms with Gasteiger partial charge in [-0.15, -0.1) is 0 Å². The summed E-state index contributed by atoms with van der Waals surface area (Å²) in [5, 5.41) is 1.02. The SMILES string of the molecule is Cc1ccc2nc(N3C(=O)c4oc5ccccc5c(=O)c4[C@H]3c3ccccc3)sc2c1. The number of carbonyl (C=O) groups is 1. The predicted molar refractivity (Wildman–Crippen MR) is 122 cm³/mol. The van der Waals surface area contributed by atoms with Crippen LogP contribution in [0.2, 0.25) is 0 Å². The van der Waals surface area contributed by atoms with Crippen molar-refractivity contribution in [3.63, 3.8) is 0 Å². The van der Waals surface area contributed by atoms with Crippen LogP contribution in [-0.4, -0.2) is 10.9 Å². The van der Waals surface area contributed by atoms with E-state index in [4.69, 9.17) is 9.40 Å². The van der Waals surface area contributed by atoms with Crippen LogP contribution in [0.1, 0.15) is 33.3 Å². The third-order valence-corrected chi connectivity index (χ3v) is 6.65. The minimum atomic E-state index is -0.591. The standard InChI is InChI=1S/C25H16N2O3S/c1-14-11-12-17-19(13-14)31-25(26-17)27-21(15-7-3-2-4-8-15)20-22(28)16-9-5-6-10-18(16)30-23(20)24(27)29/h2-13,21H,1H3/t21-/m1/s1. The molecule has 1 aliphatic heterocycles. The number of thiazole rings is 1. The zero-order valence-corrected chi connectivity index (χ0v) is 17.3. The van der Waals surface area contributed by atoms with Gasteiger partial charge in [-0.2, -0.15) is 0 Å². The van der Waals surface area contributed by atoms with Gasteiger partial charge in [-0.25, -0.2) is 4.98 Å². The lowest BCUT2D eigenvalue weighted by atomic mass is 9.99. The average Bonchev–Trinajstić information content (AvgIpc) is 3.33. The van der Waals surface area contributed by atoms with Crippen molar-refractivity contribution in [3.05, 3.63) is 105 Å². The van der Waals surface area contributed by atoms with Crippen molar-refractivity contribution in [2.24, 2.45) is 0 Å². The molecule has 0 spiro atoms. The average molecular weight is 424 g/mol. The first kappa shape index (κ1) is 18.0. The van der Waals surface area contributed by atoms with Crippen molar-refractivity contribution in [3.8, 4) is 0 Å². The molecule has 1 amide bonds. The Balaban J connectivity index is 1.64. The molecule has 0 bridgehead atoms. The number of fused-ring (bicyclic) bond motifs is 3. The molecule has 2 aromatic heterocycles. The number of nitrogens with zero attached hydrogens (tertiary/aromatic N) is 2. The summed E-state index contributed by atoms with van der Waals surface area (Å²) in [5.41, 5.74) is 3.39. The fraction of sp³-hybridized carbons (Fsp3) is 0.0800. The fourth-order valence-corrected chi connectivity index (χ4v) is 5.28. The fourth-order valence-electron chi connectivity index (χ4n) is 4.19. The molecule has 1 aliphatic rings. The summed E-state index contributed by atoms with van der Waals surface area (Å²) in [4.78, 5) is 33.4. The van der Waals surface area contributed by atoms with Gasteiger partial charge < -0.3 is 4.42 Å². The highest BCUT2D eigenvalue weighted by Gasteiger charge is 2.44. The molecule has 0 unspecified atom stereocenters. The number of para-hydroxylation sites is 1. The van der Waals surface area contributed by atoms with E-state index in [1.54, 1.807) is 29.2 Å². The summed E-state index contributed by atoms with van der Waals surface area (Å²) in [5.74, 6) is -0.254. The molecule has 5 nitrogen and oxygen atoms in total. The van der Waals surface area contributed by atoms with Gasteiger partial charge in [0.1, 0.15) is 5.58 Å². The van der Waals surface area contributed by atoms with Crippen molar-refractivity contribution in [2.45, 2.75) is 13.0 Å². The van der Waals surface area contributed by atoms with Crippen molar-refractivity contribution in [1.82, 2.24) is 4.98 Å². The number of rotatable bonds is 2. The van der Waals surface area contributed by atoms with E-state index < -0.39 is 6.04 Å². The van der Waals surface area contributed by atoms with E-state index in [2.05, 4.69) is 6.07 Å². The van der Waals surface area contributed by atoms with Crippen LogP contribution in [0, 0.1) is 6.92 Å². The smallest absolute Gasteiger partial charge is 0.297 e. The normalized spacial score (nSPS) is 15.7. The number of amides is 1. The highest BCUT2D eigenvalue weighted by molar-refractivity contribution is 7.22. The summed E-state index contributed by atoms with van der Waals surface area (Å²) in [6.07, 6.45) is 0. The van der Waals surface area contributed by atoms with Crippen LogP contribution in [0.5, 0.6) is 0 Å². The van der Waals surface area contributed by atoms with Crippen LogP contribution in [0.25, 0.3) is 21.2 Å². The molecule has 1 atom stereocenters. The van der Waals surface area contributed by atoms with Crippen molar-refractivity contribution >= 4 is 43.6 Å². The Morgan fingerprint density at radius 3 is 2.58 bits per heavy atom.